The van der Waals surface area contributed by atoms with Gasteiger partial charge in [-0.1, -0.05) is 17.7 Å². The standard InChI is InChI=1S/C13H18O5S/c1-11-2-4-13(5-3-11)19(14,15)18-9-8-17-12-6-7-16-10-12/h2-5,12H,6-10H2,1H3. The molecule has 0 spiro atoms. The highest BCUT2D eigenvalue weighted by molar-refractivity contribution is 7.86. The number of rotatable bonds is 6. The van der Waals surface area contributed by atoms with Gasteiger partial charge in [0.25, 0.3) is 10.1 Å². The van der Waals surface area contributed by atoms with Crippen LogP contribution in [0, 0.1) is 6.92 Å². The molecule has 5 nitrogen and oxygen atoms in total. The molecule has 1 atom stereocenters. The first kappa shape index (κ1) is 14.5. The average molecular weight is 286 g/mol. The van der Waals surface area contributed by atoms with Gasteiger partial charge in [0.2, 0.25) is 0 Å². The summed E-state index contributed by atoms with van der Waals surface area (Å²) in [6.45, 7) is 3.44. The summed E-state index contributed by atoms with van der Waals surface area (Å²) in [6, 6.07) is 6.55. The van der Waals surface area contributed by atoms with E-state index in [2.05, 4.69) is 0 Å². The normalized spacial score (nSPS) is 19.7. The summed E-state index contributed by atoms with van der Waals surface area (Å²) in [4.78, 5) is 0.169. The molecule has 0 amide bonds. The Labute approximate surface area is 113 Å². The Hall–Kier alpha value is -0.950. The molecule has 106 valence electrons. The van der Waals surface area contributed by atoms with Crippen LogP contribution in [0.5, 0.6) is 0 Å². The van der Waals surface area contributed by atoms with Crippen molar-refractivity contribution in [1.82, 2.24) is 0 Å². The zero-order chi connectivity index (χ0) is 13.7. The molecule has 1 saturated heterocycles. The van der Waals surface area contributed by atoms with Crippen molar-refractivity contribution in [2.45, 2.75) is 24.3 Å². The van der Waals surface area contributed by atoms with Crippen LogP contribution in [0.2, 0.25) is 0 Å². The first-order valence-electron chi connectivity index (χ1n) is 6.23. The van der Waals surface area contributed by atoms with Crippen LogP contribution in [0.1, 0.15) is 12.0 Å². The minimum Gasteiger partial charge on any atom is -0.379 e. The van der Waals surface area contributed by atoms with Crippen LogP contribution in [-0.4, -0.2) is 40.9 Å². The molecule has 1 heterocycles. The average Bonchev–Trinajstić information content (AvgIpc) is 2.88. The van der Waals surface area contributed by atoms with Crippen molar-refractivity contribution in [1.29, 1.82) is 0 Å². The van der Waals surface area contributed by atoms with Crippen LogP contribution in [0.25, 0.3) is 0 Å². The van der Waals surface area contributed by atoms with Crippen LogP contribution in [0.3, 0.4) is 0 Å². The minimum absolute atomic E-state index is 0.0205. The van der Waals surface area contributed by atoms with Gasteiger partial charge in [-0.2, -0.15) is 8.42 Å². The zero-order valence-electron chi connectivity index (χ0n) is 10.9. The highest BCUT2D eigenvalue weighted by Crippen LogP contribution is 2.13. The molecule has 6 heteroatoms. The highest BCUT2D eigenvalue weighted by atomic mass is 32.2. The summed E-state index contributed by atoms with van der Waals surface area (Å²) < 4.78 is 39.2. The van der Waals surface area contributed by atoms with Gasteiger partial charge in [-0.15, -0.1) is 0 Å². The molecule has 0 aliphatic carbocycles. The fourth-order valence-corrected chi connectivity index (χ4v) is 2.67. The van der Waals surface area contributed by atoms with E-state index in [4.69, 9.17) is 13.7 Å². The SMILES string of the molecule is Cc1ccc(S(=O)(=O)OCCOC2CCOC2)cc1. The number of hydrogen-bond donors (Lipinski definition) is 0. The lowest BCUT2D eigenvalue weighted by Gasteiger charge is -2.10. The van der Waals surface area contributed by atoms with E-state index in [0.717, 1.165) is 12.0 Å². The summed E-state index contributed by atoms with van der Waals surface area (Å²) in [6.07, 6.45) is 0.913. The minimum atomic E-state index is -3.68. The topological polar surface area (TPSA) is 61.8 Å². The summed E-state index contributed by atoms with van der Waals surface area (Å²) >= 11 is 0. The van der Waals surface area contributed by atoms with Crippen LogP contribution in [0.15, 0.2) is 29.2 Å². The van der Waals surface area contributed by atoms with Gasteiger partial charge in [-0.25, -0.2) is 0 Å². The van der Waals surface area contributed by atoms with Crippen molar-refractivity contribution in [2.75, 3.05) is 26.4 Å². The lowest BCUT2D eigenvalue weighted by atomic mass is 10.2. The molecule has 1 fully saturated rings. The van der Waals surface area contributed by atoms with E-state index in [9.17, 15) is 8.42 Å². The Bertz CT molecular complexity index is 488. The monoisotopic (exact) mass is 286 g/mol. The fraction of sp³-hybridized carbons (Fsp3) is 0.538. The molecule has 0 saturated carbocycles. The molecular formula is C13H18O5S. The van der Waals surface area contributed by atoms with Crippen LogP contribution < -0.4 is 0 Å². The van der Waals surface area contributed by atoms with Gasteiger partial charge in [-0.05, 0) is 25.5 Å². The van der Waals surface area contributed by atoms with Gasteiger partial charge in [-0.3, -0.25) is 4.18 Å². The summed E-state index contributed by atoms with van der Waals surface area (Å²) in [5.41, 5.74) is 1.00. The number of benzene rings is 1. The van der Waals surface area contributed by atoms with Crippen LogP contribution in [0.4, 0.5) is 0 Å². The second-order valence-electron chi connectivity index (χ2n) is 4.45. The number of aryl methyl sites for hydroxylation is 1. The molecule has 1 aromatic rings. The third-order valence-corrected chi connectivity index (χ3v) is 4.20. The Morgan fingerprint density at radius 3 is 2.63 bits per heavy atom. The van der Waals surface area contributed by atoms with Gasteiger partial charge in [0.15, 0.2) is 0 Å². The quantitative estimate of drug-likeness (QED) is 0.586. The van der Waals surface area contributed by atoms with E-state index in [0.29, 0.717) is 13.2 Å². The molecule has 0 aromatic heterocycles. The molecule has 0 bridgehead atoms. The molecule has 0 radical (unpaired) electrons. The third kappa shape index (κ3) is 4.28. The third-order valence-electron chi connectivity index (χ3n) is 2.87. The van der Waals surface area contributed by atoms with E-state index in [-0.39, 0.29) is 24.2 Å². The molecule has 19 heavy (non-hydrogen) atoms. The Kier molecular flexibility index (Phi) is 4.93. The van der Waals surface area contributed by atoms with Crippen LogP contribution >= 0.6 is 0 Å². The van der Waals surface area contributed by atoms with Gasteiger partial charge in [0.1, 0.15) is 0 Å². The maximum Gasteiger partial charge on any atom is 0.297 e. The lowest BCUT2D eigenvalue weighted by molar-refractivity contribution is 0.0275. The van der Waals surface area contributed by atoms with E-state index >= 15 is 0 Å². The maximum absolute atomic E-state index is 11.8. The zero-order valence-corrected chi connectivity index (χ0v) is 11.7. The fourth-order valence-electron chi connectivity index (χ4n) is 1.78. The van der Waals surface area contributed by atoms with Gasteiger partial charge in [0, 0.05) is 6.61 Å². The number of ether oxygens (including phenoxy) is 2. The first-order valence-corrected chi connectivity index (χ1v) is 7.64. The lowest BCUT2D eigenvalue weighted by Crippen LogP contribution is -2.18. The first-order chi connectivity index (χ1) is 9.08. The predicted octanol–water partition coefficient (Wildman–Crippen LogP) is 1.51. The van der Waals surface area contributed by atoms with Crippen molar-refractivity contribution in [3.63, 3.8) is 0 Å². The molecule has 2 rings (SSSR count). The molecule has 1 aliphatic heterocycles. The van der Waals surface area contributed by atoms with Gasteiger partial charge >= 0.3 is 0 Å². The molecule has 1 aromatic carbocycles. The van der Waals surface area contributed by atoms with Crippen molar-refractivity contribution >= 4 is 10.1 Å². The maximum atomic E-state index is 11.8. The second kappa shape index (κ2) is 6.47. The Morgan fingerprint density at radius 2 is 2.00 bits per heavy atom. The van der Waals surface area contributed by atoms with Gasteiger partial charge in [0.05, 0.1) is 30.8 Å². The smallest absolute Gasteiger partial charge is 0.297 e. The van der Waals surface area contributed by atoms with Crippen molar-refractivity contribution in [3.05, 3.63) is 29.8 Å². The largest absolute Gasteiger partial charge is 0.379 e. The second-order valence-corrected chi connectivity index (χ2v) is 6.06. The molecule has 1 aliphatic rings. The van der Waals surface area contributed by atoms with Crippen molar-refractivity contribution in [3.8, 4) is 0 Å². The molecule has 1 unspecified atom stereocenters. The highest BCUT2D eigenvalue weighted by Gasteiger charge is 2.17. The van der Waals surface area contributed by atoms with Crippen LogP contribution in [-0.2, 0) is 23.8 Å². The van der Waals surface area contributed by atoms with Gasteiger partial charge < -0.3 is 9.47 Å². The summed E-state index contributed by atoms with van der Waals surface area (Å²) in [5.74, 6) is 0. The van der Waals surface area contributed by atoms with Crippen molar-refractivity contribution in [2.24, 2.45) is 0 Å². The van der Waals surface area contributed by atoms with E-state index in [1.54, 1.807) is 12.1 Å². The number of hydrogen-bond acceptors (Lipinski definition) is 5. The summed E-state index contributed by atoms with van der Waals surface area (Å²) in [7, 11) is -3.68. The summed E-state index contributed by atoms with van der Waals surface area (Å²) in [5, 5.41) is 0. The molecule has 0 N–H and O–H groups in total. The van der Waals surface area contributed by atoms with E-state index in [1.165, 1.54) is 12.1 Å². The molecular weight excluding hydrogens is 268 g/mol. The predicted molar refractivity (Wildman–Crippen MR) is 69.5 cm³/mol. The Morgan fingerprint density at radius 1 is 1.26 bits per heavy atom. The Balaban J connectivity index is 1.79. The van der Waals surface area contributed by atoms with E-state index in [1.807, 2.05) is 6.92 Å². The van der Waals surface area contributed by atoms with E-state index < -0.39 is 10.1 Å². The van der Waals surface area contributed by atoms with Crippen molar-refractivity contribution < 1.29 is 22.1 Å².